The van der Waals surface area contributed by atoms with Crippen LogP contribution in [0.1, 0.15) is 33.1 Å². The molecule has 0 aromatic rings. The number of likely N-dealkylation sites (tertiary alicyclic amines) is 1. The average molecular weight is 241 g/mol. The number of carbonyl (C=O) groups excluding carboxylic acids is 2. The van der Waals surface area contributed by atoms with E-state index >= 15 is 0 Å². The predicted octanol–water partition coefficient (Wildman–Crippen LogP) is 0.0984. The Hall–Kier alpha value is -1.10. The third-order valence-corrected chi connectivity index (χ3v) is 3.32. The summed E-state index contributed by atoms with van der Waals surface area (Å²) >= 11 is 0. The van der Waals surface area contributed by atoms with Gasteiger partial charge in [-0.15, -0.1) is 0 Å². The molecule has 2 unspecified atom stereocenters. The van der Waals surface area contributed by atoms with Crippen LogP contribution in [0.3, 0.4) is 0 Å². The highest BCUT2D eigenvalue weighted by atomic mass is 16.2. The molecule has 0 aromatic carbocycles. The van der Waals surface area contributed by atoms with Crippen molar-refractivity contribution in [1.82, 2.24) is 10.2 Å². The summed E-state index contributed by atoms with van der Waals surface area (Å²) in [6.45, 7) is 5.50. The summed E-state index contributed by atoms with van der Waals surface area (Å²) in [6.07, 6.45) is 2.32. The van der Waals surface area contributed by atoms with Crippen LogP contribution in [-0.2, 0) is 9.59 Å². The lowest BCUT2D eigenvalue weighted by molar-refractivity contribution is -0.131. The Morgan fingerprint density at radius 1 is 1.53 bits per heavy atom. The van der Waals surface area contributed by atoms with Gasteiger partial charge in [-0.3, -0.25) is 9.59 Å². The van der Waals surface area contributed by atoms with Crippen LogP contribution in [0.4, 0.5) is 0 Å². The zero-order valence-electron chi connectivity index (χ0n) is 10.7. The molecule has 5 heteroatoms. The van der Waals surface area contributed by atoms with Gasteiger partial charge in [0, 0.05) is 32.5 Å². The average Bonchev–Trinajstić information content (AvgIpc) is 2.73. The van der Waals surface area contributed by atoms with Crippen molar-refractivity contribution in [3.8, 4) is 0 Å². The number of carbonyl (C=O) groups is 2. The van der Waals surface area contributed by atoms with Crippen LogP contribution in [0.2, 0.25) is 0 Å². The zero-order valence-corrected chi connectivity index (χ0v) is 10.7. The number of rotatable bonds is 5. The smallest absolute Gasteiger partial charge is 0.222 e. The summed E-state index contributed by atoms with van der Waals surface area (Å²) in [4.78, 5) is 24.7. The Balaban J connectivity index is 2.37. The lowest BCUT2D eigenvalue weighted by Gasteiger charge is -2.19. The summed E-state index contributed by atoms with van der Waals surface area (Å²) in [5, 5.41) is 2.85. The fourth-order valence-corrected chi connectivity index (χ4v) is 2.16. The minimum Gasteiger partial charge on any atom is -0.352 e. The zero-order chi connectivity index (χ0) is 12.8. The predicted molar refractivity (Wildman–Crippen MR) is 66.3 cm³/mol. The summed E-state index contributed by atoms with van der Waals surface area (Å²) in [6, 6.07) is 0.120. The highest BCUT2D eigenvalue weighted by Gasteiger charge is 2.27. The van der Waals surface area contributed by atoms with E-state index in [-0.39, 0.29) is 23.8 Å². The van der Waals surface area contributed by atoms with Crippen molar-refractivity contribution in [2.24, 2.45) is 11.7 Å². The van der Waals surface area contributed by atoms with E-state index in [9.17, 15) is 9.59 Å². The van der Waals surface area contributed by atoms with Crippen molar-refractivity contribution in [1.29, 1.82) is 0 Å². The molecule has 1 heterocycles. The molecule has 2 atom stereocenters. The Morgan fingerprint density at radius 2 is 2.24 bits per heavy atom. The SMILES string of the molecule is CCC(CN)CC(=O)N1CCC(NC(C)=O)C1. The molecule has 1 aliphatic rings. The Kier molecular flexibility index (Phi) is 5.41. The lowest BCUT2D eigenvalue weighted by Crippen LogP contribution is -2.38. The molecule has 0 saturated carbocycles. The summed E-state index contributed by atoms with van der Waals surface area (Å²) in [5.41, 5.74) is 5.60. The molecule has 98 valence electrons. The van der Waals surface area contributed by atoms with E-state index in [0.717, 1.165) is 19.4 Å². The molecule has 0 aliphatic carbocycles. The van der Waals surface area contributed by atoms with Crippen LogP contribution >= 0.6 is 0 Å². The van der Waals surface area contributed by atoms with E-state index < -0.39 is 0 Å². The van der Waals surface area contributed by atoms with Gasteiger partial charge in [-0.05, 0) is 18.9 Å². The minimum atomic E-state index is -0.0299. The van der Waals surface area contributed by atoms with Gasteiger partial charge in [-0.2, -0.15) is 0 Å². The van der Waals surface area contributed by atoms with Crippen LogP contribution in [0, 0.1) is 5.92 Å². The summed E-state index contributed by atoms with van der Waals surface area (Å²) < 4.78 is 0. The second-order valence-electron chi connectivity index (χ2n) is 4.74. The van der Waals surface area contributed by atoms with E-state index in [1.54, 1.807) is 0 Å². The van der Waals surface area contributed by atoms with E-state index in [4.69, 9.17) is 5.73 Å². The lowest BCUT2D eigenvalue weighted by atomic mass is 10.0. The fourth-order valence-electron chi connectivity index (χ4n) is 2.16. The molecule has 0 spiro atoms. The Bertz CT molecular complexity index is 277. The molecule has 1 aliphatic heterocycles. The Morgan fingerprint density at radius 3 is 2.76 bits per heavy atom. The van der Waals surface area contributed by atoms with Gasteiger partial charge in [0.15, 0.2) is 0 Å². The van der Waals surface area contributed by atoms with Gasteiger partial charge >= 0.3 is 0 Å². The second kappa shape index (κ2) is 6.59. The molecule has 1 rings (SSSR count). The molecule has 0 radical (unpaired) electrons. The molecule has 5 nitrogen and oxygen atoms in total. The van der Waals surface area contributed by atoms with E-state index in [0.29, 0.717) is 19.5 Å². The monoisotopic (exact) mass is 241 g/mol. The first-order valence-corrected chi connectivity index (χ1v) is 6.31. The first-order chi connectivity index (χ1) is 8.06. The van der Waals surface area contributed by atoms with Crippen LogP contribution in [-0.4, -0.2) is 42.4 Å². The maximum absolute atomic E-state index is 12.0. The van der Waals surface area contributed by atoms with Crippen LogP contribution < -0.4 is 11.1 Å². The maximum atomic E-state index is 12.0. The second-order valence-corrected chi connectivity index (χ2v) is 4.74. The molecule has 0 aromatic heterocycles. The Labute approximate surface area is 103 Å². The van der Waals surface area contributed by atoms with E-state index in [2.05, 4.69) is 12.2 Å². The third-order valence-electron chi connectivity index (χ3n) is 3.32. The van der Waals surface area contributed by atoms with Gasteiger partial charge in [-0.1, -0.05) is 13.3 Å². The minimum absolute atomic E-state index is 0.0299. The van der Waals surface area contributed by atoms with Crippen molar-refractivity contribution >= 4 is 11.8 Å². The highest BCUT2D eigenvalue weighted by Crippen LogP contribution is 2.14. The van der Waals surface area contributed by atoms with Crippen molar-refractivity contribution < 1.29 is 9.59 Å². The number of nitrogens with two attached hydrogens (primary N) is 1. The molecule has 17 heavy (non-hydrogen) atoms. The largest absolute Gasteiger partial charge is 0.352 e. The van der Waals surface area contributed by atoms with Gasteiger partial charge in [0.05, 0.1) is 0 Å². The third kappa shape index (κ3) is 4.34. The van der Waals surface area contributed by atoms with Crippen LogP contribution in [0.5, 0.6) is 0 Å². The first kappa shape index (κ1) is 14.0. The maximum Gasteiger partial charge on any atom is 0.222 e. The standard InChI is InChI=1S/C12H23N3O2/c1-3-10(7-13)6-12(17)15-5-4-11(8-15)14-9(2)16/h10-11H,3-8,13H2,1-2H3,(H,14,16). The number of nitrogens with zero attached hydrogens (tertiary/aromatic N) is 1. The van der Waals surface area contributed by atoms with E-state index in [1.807, 2.05) is 4.90 Å². The summed E-state index contributed by atoms with van der Waals surface area (Å²) in [7, 11) is 0. The van der Waals surface area contributed by atoms with Crippen molar-refractivity contribution in [2.75, 3.05) is 19.6 Å². The van der Waals surface area contributed by atoms with Gasteiger partial charge < -0.3 is 16.0 Å². The quantitative estimate of drug-likeness (QED) is 0.716. The first-order valence-electron chi connectivity index (χ1n) is 6.31. The molecular weight excluding hydrogens is 218 g/mol. The molecule has 3 N–H and O–H groups in total. The molecule has 2 amide bonds. The van der Waals surface area contributed by atoms with Crippen molar-refractivity contribution in [3.63, 3.8) is 0 Å². The van der Waals surface area contributed by atoms with Crippen molar-refractivity contribution in [3.05, 3.63) is 0 Å². The van der Waals surface area contributed by atoms with Gasteiger partial charge in [0.25, 0.3) is 0 Å². The highest BCUT2D eigenvalue weighted by molar-refractivity contribution is 5.77. The topological polar surface area (TPSA) is 75.4 Å². The molecule has 0 bridgehead atoms. The van der Waals surface area contributed by atoms with Gasteiger partial charge in [-0.25, -0.2) is 0 Å². The number of amides is 2. The van der Waals surface area contributed by atoms with Crippen molar-refractivity contribution in [2.45, 2.75) is 39.2 Å². The summed E-state index contributed by atoms with van der Waals surface area (Å²) in [5.74, 6) is 0.412. The van der Waals surface area contributed by atoms with Gasteiger partial charge in [0.1, 0.15) is 0 Å². The molecule has 1 fully saturated rings. The number of nitrogens with one attached hydrogen (secondary N) is 1. The van der Waals surface area contributed by atoms with Gasteiger partial charge in [0.2, 0.25) is 11.8 Å². The van der Waals surface area contributed by atoms with E-state index in [1.165, 1.54) is 6.92 Å². The normalized spacial score (nSPS) is 21.4. The molecular formula is C12H23N3O2. The van der Waals surface area contributed by atoms with Crippen LogP contribution in [0.25, 0.3) is 0 Å². The molecule has 1 saturated heterocycles. The fraction of sp³-hybridized carbons (Fsp3) is 0.833. The number of hydrogen-bond acceptors (Lipinski definition) is 3. The number of hydrogen-bond donors (Lipinski definition) is 2. The van der Waals surface area contributed by atoms with Crippen LogP contribution in [0.15, 0.2) is 0 Å².